The third kappa shape index (κ3) is 6.25. The van der Waals surface area contributed by atoms with E-state index in [0.29, 0.717) is 10.6 Å². The van der Waals surface area contributed by atoms with E-state index in [4.69, 9.17) is 21.9 Å². The summed E-state index contributed by atoms with van der Waals surface area (Å²) in [6.07, 6.45) is -0.397. The molecule has 1 aliphatic heterocycles. The summed E-state index contributed by atoms with van der Waals surface area (Å²) in [5.41, 5.74) is 0.600. The number of amides is 2. The van der Waals surface area contributed by atoms with Crippen molar-refractivity contribution in [2.75, 3.05) is 11.4 Å². The van der Waals surface area contributed by atoms with E-state index in [1.807, 2.05) is 0 Å². The molecule has 0 aliphatic carbocycles. The predicted octanol–water partition coefficient (Wildman–Crippen LogP) is 1.20. The number of sulfonamides is 3. The monoisotopic (exact) mass is 626 g/mol. The average Bonchev–Trinajstić information content (AvgIpc) is 3.16. The molecule has 1 aliphatic rings. The predicted molar refractivity (Wildman–Crippen MR) is 146 cm³/mol. The number of carbonyl (C=O) groups excluding carboxylic acids is 2. The number of imide groups is 1. The quantitative estimate of drug-likeness (QED) is 0.330. The fourth-order valence-corrected chi connectivity index (χ4v) is 6.91. The molecule has 4 rings (SSSR count). The van der Waals surface area contributed by atoms with E-state index in [1.54, 1.807) is 0 Å². The van der Waals surface area contributed by atoms with Gasteiger partial charge < -0.3 is 0 Å². The van der Waals surface area contributed by atoms with Gasteiger partial charge in [-0.25, -0.2) is 40.4 Å². The van der Waals surface area contributed by atoms with Crippen LogP contribution in [0.1, 0.15) is 12.0 Å². The molecule has 1 saturated heterocycles. The van der Waals surface area contributed by atoms with Crippen molar-refractivity contribution in [3.05, 3.63) is 83.4 Å². The summed E-state index contributed by atoms with van der Waals surface area (Å²) < 4.78 is 74.6. The number of nitrogens with zero attached hydrogens (tertiary/aromatic N) is 2. The van der Waals surface area contributed by atoms with Crippen molar-refractivity contribution >= 4 is 59.2 Å². The highest BCUT2D eigenvalue weighted by Gasteiger charge is 2.46. The van der Waals surface area contributed by atoms with Crippen molar-refractivity contribution in [1.29, 1.82) is 0 Å². The van der Waals surface area contributed by atoms with Crippen LogP contribution in [-0.4, -0.2) is 54.0 Å². The van der Waals surface area contributed by atoms with Crippen LogP contribution in [0.3, 0.4) is 0 Å². The number of hydrogen-bond acceptors (Lipinski definition) is 8. The number of primary sulfonamides is 2. The van der Waals surface area contributed by atoms with E-state index < -0.39 is 54.3 Å². The molecule has 212 valence electrons. The minimum atomic E-state index is -4.33. The lowest BCUT2D eigenvalue weighted by Crippen LogP contribution is -2.46. The smallest absolute Gasteiger partial charge is 0.252 e. The maximum atomic E-state index is 13.7. The van der Waals surface area contributed by atoms with Crippen LogP contribution < -0.4 is 15.2 Å². The highest BCUT2D eigenvalue weighted by molar-refractivity contribution is 7.89. The molecule has 0 bridgehead atoms. The number of nitrogens with two attached hydrogens (primary N) is 2. The topological polar surface area (TPSA) is 195 Å². The largest absolute Gasteiger partial charge is 0.274 e. The first-order valence-electron chi connectivity index (χ1n) is 11.5. The lowest BCUT2D eigenvalue weighted by molar-refractivity contribution is -0.122. The Morgan fingerprint density at radius 2 is 1.23 bits per heavy atom. The van der Waals surface area contributed by atoms with E-state index >= 15 is 0 Å². The van der Waals surface area contributed by atoms with Crippen molar-refractivity contribution in [2.24, 2.45) is 10.3 Å². The van der Waals surface area contributed by atoms with Gasteiger partial charge in [0.1, 0.15) is 6.04 Å². The Morgan fingerprint density at radius 1 is 0.750 bits per heavy atom. The van der Waals surface area contributed by atoms with Crippen molar-refractivity contribution in [3.8, 4) is 0 Å². The Balaban J connectivity index is 1.68. The number of anilines is 1. The summed E-state index contributed by atoms with van der Waals surface area (Å²) in [6, 6.07) is 14.1. The highest BCUT2D eigenvalue weighted by atomic mass is 35.5. The maximum absolute atomic E-state index is 13.7. The van der Waals surface area contributed by atoms with Gasteiger partial charge in [0, 0.05) is 11.6 Å². The van der Waals surface area contributed by atoms with Crippen molar-refractivity contribution < 1.29 is 34.8 Å². The number of benzene rings is 3. The van der Waals surface area contributed by atoms with Gasteiger partial charge in [-0.3, -0.25) is 9.59 Å². The first-order chi connectivity index (χ1) is 18.6. The molecule has 3 aromatic rings. The molecule has 40 heavy (non-hydrogen) atoms. The summed E-state index contributed by atoms with van der Waals surface area (Å²) in [4.78, 5) is 26.7. The molecule has 0 aromatic heterocycles. The minimum absolute atomic E-state index is 0.0484. The van der Waals surface area contributed by atoms with E-state index in [-0.39, 0.29) is 33.3 Å². The van der Waals surface area contributed by atoms with Crippen molar-refractivity contribution in [1.82, 2.24) is 4.31 Å². The van der Waals surface area contributed by atoms with E-state index in [2.05, 4.69) is 0 Å². The molecule has 0 spiro atoms. The molecule has 1 unspecified atom stereocenters. The molecule has 2 amide bonds. The maximum Gasteiger partial charge on any atom is 0.252 e. The normalized spacial score (nSPS) is 16.6. The third-order valence-electron chi connectivity index (χ3n) is 6.19. The molecule has 0 radical (unpaired) electrons. The van der Waals surface area contributed by atoms with Gasteiger partial charge in [-0.2, -0.15) is 4.31 Å². The number of halogens is 1. The Labute approximate surface area is 236 Å². The molecule has 1 fully saturated rings. The SMILES string of the molecule is NS(=O)(=O)c1ccc(CCN(C2CC(=O)N(c3ccc(S(N)(=O)=O)cc3)C2=O)S(=O)(=O)c2ccc(Cl)cc2)cc1. The summed E-state index contributed by atoms with van der Waals surface area (Å²) in [6.45, 7) is -0.235. The number of hydrogen-bond donors (Lipinski definition) is 2. The van der Waals surface area contributed by atoms with Crippen LogP contribution in [0, 0.1) is 0 Å². The zero-order chi connectivity index (χ0) is 29.5. The van der Waals surface area contributed by atoms with Crippen LogP contribution in [0.2, 0.25) is 5.02 Å². The molecule has 1 heterocycles. The molecule has 0 saturated carbocycles. The minimum Gasteiger partial charge on any atom is -0.274 e. The molecular weight excluding hydrogens is 604 g/mol. The van der Waals surface area contributed by atoms with Gasteiger partial charge in [0.15, 0.2) is 0 Å². The second-order valence-electron chi connectivity index (χ2n) is 8.83. The Kier molecular flexibility index (Phi) is 8.20. The highest BCUT2D eigenvalue weighted by Crippen LogP contribution is 2.30. The van der Waals surface area contributed by atoms with Crippen LogP contribution in [0.5, 0.6) is 0 Å². The summed E-state index contributed by atoms with van der Waals surface area (Å²) in [7, 11) is -12.3. The van der Waals surface area contributed by atoms with Gasteiger partial charge in [0.05, 0.1) is 26.8 Å². The van der Waals surface area contributed by atoms with Crippen molar-refractivity contribution in [3.63, 3.8) is 0 Å². The van der Waals surface area contributed by atoms with Gasteiger partial charge in [0.25, 0.3) is 5.91 Å². The van der Waals surface area contributed by atoms with Crippen molar-refractivity contribution in [2.45, 2.75) is 33.6 Å². The Bertz CT molecular complexity index is 1780. The first kappa shape index (κ1) is 29.8. The zero-order valence-electron chi connectivity index (χ0n) is 20.5. The van der Waals surface area contributed by atoms with Crippen LogP contribution in [-0.2, 0) is 46.1 Å². The second-order valence-corrected chi connectivity index (χ2v) is 14.3. The average molecular weight is 627 g/mol. The molecule has 12 nitrogen and oxygen atoms in total. The number of rotatable bonds is 9. The molecule has 1 atom stereocenters. The van der Waals surface area contributed by atoms with Gasteiger partial charge in [-0.15, -0.1) is 0 Å². The van der Waals surface area contributed by atoms with Gasteiger partial charge in [-0.05, 0) is 72.6 Å². The first-order valence-corrected chi connectivity index (χ1v) is 16.4. The fourth-order valence-electron chi connectivity index (χ4n) is 4.17. The summed E-state index contributed by atoms with van der Waals surface area (Å²) in [5, 5.41) is 10.5. The van der Waals surface area contributed by atoms with Crippen LogP contribution in [0.4, 0.5) is 5.69 Å². The van der Waals surface area contributed by atoms with E-state index in [1.165, 1.54) is 60.7 Å². The van der Waals surface area contributed by atoms with E-state index in [9.17, 15) is 34.8 Å². The Hall–Kier alpha value is -3.18. The van der Waals surface area contributed by atoms with Gasteiger partial charge >= 0.3 is 0 Å². The molecule has 3 aromatic carbocycles. The number of carbonyl (C=O) groups is 2. The third-order valence-corrected chi connectivity index (χ3v) is 10.2. The lowest BCUT2D eigenvalue weighted by Gasteiger charge is -2.27. The van der Waals surface area contributed by atoms with Gasteiger partial charge in [-0.1, -0.05) is 23.7 Å². The molecule has 16 heteroatoms. The van der Waals surface area contributed by atoms with Crippen LogP contribution in [0.25, 0.3) is 0 Å². The summed E-state index contributed by atoms with van der Waals surface area (Å²) >= 11 is 5.91. The molecular formula is C24H23ClN4O8S3. The zero-order valence-corrected chi connectivity index (χ0v) is 23.8. The Morgan fingerprint density at radius 3 is 1.73 bits per heavy atom. The summed E-state index contributed by atoms with van der Waals surface area (Å²) in [5.74, 6) is -1.51. The van der Waals surface area contributed by atoms with E-state index in [0.717, 1.165) is 21.3 Å². The fraction of sp³-hybridized carbons (Fsp3) is 0.167. The second kappa shape index (κ2) is 11.0. The van der Waals surface area contributed by atoms with Crippen LogP contribution in [0.15, 0.2) is 87.5 Å². The van der Waals surface area contributed by atoms with Gasteiger partial charge in [0.2, 0.25) is 36.0 Å². The standard InChI is InChI=1S/C24H23ClN4O8S3/c25-17-3-9-21(10-4-17)40(36,37)28(14-13-16-1-7-19(8-2-16)38(26,32)33)22-15-23(30)29(24(22)31)18-5-11-20(12-6-18)39(27,34)35/h1-12,22H,13-15H2,(H2,26,32,33)(H2,27,34,35). The molecule has 4 N–H and O–H groups in total. The lowest BCUT2D eigenvalue weighted by atomic mass is 10.1. The van der Waals surface area contributed by atoms with Crippen LogP contribution >= 0.6 is 11.6 Å².